The van der Waals surface area contributed by atoms with E-state index in [1.807, 2.05) is 0 Å². The van der Waals surface area contributed by atoms with Gasteiger partial charge in [0.05, 0.1) is 5.92 Å². The van der Waals surface area contributed by atoms with Crippen LogP contribution in [0.3, 0.4) is 0 Å². The molecular weight excluding hydrogens is 480 g/mol. The summed E-state index contributed by atoms with van der Waals surface area (Å²) in [6, 6.07) is 3.29. The minimum atomic E-state index is -1.64. The molecule has 7 nitrogen and oxygen atoms in total. The molecule has 1 amide bonds. The van der Waals surface area contributed by atoms with Crippen molar-refractivity contribution in [1.29, 1.82) is 0 Å². The molecule has 2 atom stereocenters. The molecule has 1 aromatic carbocycles. The molecule has 2 N–H and O–H groups in total. The first-order valence-corrected chi connectivity index (χ1v) is 12.3. The Kier molecular flexibility index (Phi) is 8.12. The van der Waals surface area contributed by atoms with E-state index in [4.69, 9.17) is 16.3 Å². The second-order valence-corrected chi connectivity index (χ2v) is 9.91. The molecule has 3 aliphatic rings. The second kappa shape index (κ2) is 10.9. The van der Waals surface area contributed by atoms with Crippen molar-refractivity contribution >= 4 is 17.5 Å². The number of hydrogen-bond acceptors (Lipinski definition) is 6. The molecular formula is C25H31ClF2N3O4-. The van der Waals surface area contributed by atoms with Gasteiger partial charge in [-0.1, -0.05) is 17.7 Å². The predicted molar refractivity (Wildman–Crippen MR) is 128 cm³/mol. The van der Waals surface area contributed by atoms with E-state index in [9.17, 15) is 23.9 Å². The molecule has 35 heavy (non-hydrogen) atoms. The molecule has 1 aromatic rings. The molecule has 10 heteroatoms. The summed E-state index contributed by atoms with van der Waals surface area (Å²) in [7, 11) is 1.60. The first-order valence-electron chi connectivity index (χ1n) is 12.0. The number of nitrogens with one attached hydrogen (secondary N) is 1. The van der Waals surface area contributed by atoms with E-state index in [1.54, 1.807) is 18.1 Å². The zero-order valence-electron chi connectivity index (χ0n) is 19.7. The molecule has 0 spiro atoms. The fourth-order valence-electron chi connectivity index (χ4n) is 4.83. The molecule has 4 rings (SSSR count). The summed E-state index contributed by atoms with van der Waals surface area (Å²) in [5.74, 6) is -3.23. The number of piperidine rings is 1. The Morgan fingerprint density at radius 3 is 2.83 bits per heavy atom. The molecule has 1 saturated heterocycles. The van der Waals surface area contributed by atoms with Crippen LogP contribution in [0.4, 0.5) is 8.78 Å². The van der Waals surface area contributed by atoms with Crippen LogP contribution in [0.2, 0.25) is 0 Å². The average molecular weight is 511 g/mol. The number of rotatable bonds is 9. The van der Waals surface area contributed by atoms with Crippen molar-refractivity contribution in [2.24, 2.45) is 5.92 Å². The summed E-state index contributed by atoms with van der Waals surface area (Å²) in [6.45, 7) is 1.41. The van der Waals surface area contributed by atoms with E-state index < -0.39 is 23.2 Å². The number of halogens is 3. The van der Waals surface area contributed by atoms with Crippen molar-refractivity contribution in [3.63, 3.8) is 0 Å². The van der Waals surface area contributed by atoms with Crippen LogP contribution in [-0.4, -0.2) is 66.9 Å². The zero-order chi connectivity index (χ0) is 25.2. The monoisotopic (exact) mass is 510 g/mol. The van der Waals surface area contributed by atoms with Crippen molar-refractivity contribution in [2.75, 3.05) is 39.9 Å². The van der Waals surface area contributed by atoms with Crippen LogP contribution >= 0.6 is 11.6 Å². The van der Waals surface area contributed by atoms with Crippen LogP contribution in [0, 0.1) is 22.8 Å². The Bertz CT molecular complexity index is 1020. The Balaban J connectivity index is 1.58. The number of methoxy groups -OCH3 is 1. The molecule has 0 bridgehead atoms. The van der Waals surface area contributed by atoms with Gasteiger partial charge in [0.25, 0.3) is 0 Å². The molecule has 2 fully saturated rings. The van der Waals surface area contributed by atoms with Gasteiger partial charge in [-0.05, 0) is 68.0 Å². The van der Waals surface area contributed by atoms with Gasteiger partial charge in [-0.25, -0.2) is 8.78 Å². The number of carbonyl (C=O) groups is 1. The molecule has 0 aromatic heterocycles. The maximum atomic E-state index is 14.0. The van der Waals surface area contributed by atoms with Crippen molar-refractivity contribution in [3.8, 4) is 0 Å². The number of hydroxylamine groups is 2. The lowest BCUT2D eigenvalue weighted by molar-refractivity contribution is -0.149. The normalized spacial score (nSPS) is 25.0. The van der Waals surface area contributed by atoms with Crippen LogP contribution in [0.15, 0.2) is 40.6 Å². The first-order chi connectivity index (χ1) is 16.7. The highest BCUT2D eigenvalue weighted by atomic mass is 35.5. The predicted octanol–water partition coefficient (Wildman–Crippen LogP) is 3.37. The Morgan fingerprint density at radius 1 is 1.37 bits per heavy atom. The van der Waals surface area contributed by atoms with Gasteiger partial charge in [0.15, 0.2) is 11.6 Å². The largest absolute Gasteiger partial charge is 0.758 e. The number of aliphatic hydroxyl groups is 1. The van der Waals surface area contributed by atoms with Crippen LogP contribution < -0.4 is 5.32 Å². The van der Waals surface area contributed by atoms with E-state index in [1.165, 1.54) is 6.07 Å². The third-order valence-electron chi connectivity index (χ3n) is 7.01. The summed E-state index contributed by atoms with van der Waals surface area (Å²) in [5, 5.41) is 28.4. The quantitative estimate of drug-likeness (QED) is 0.495. The Hall–Kier alpha value is -2.04. The fraction of sp³-hybridized carbons (Fsp3) is 0.560. The number of ether oxygens (including phenoxy) is 1. The van der Waals surface area contributed by atoms with Gasteiger partial charge in [0, 0.05) is 50.1 Å². The fourth-order valence-corrected chi connectivity index (χ4v) is 5.06. The highest BCUT2D eigenvalue weighted by molar-refractivity contribution is 6.30. The minimum absolute atomic E-state index is 0.00576. The van der Waals surface area contributed by atoms with Crippen LogP contribution in [0.5, 0.6) is 0 Å². The smallest absolute Gasteiger partial charge is 0.230 e. The SMILES string of the molecule is COCCCC1=CC(CN(C(=O)[C@H]2CNCC[C@]2(O)c2ccc(F)c(F)c2)C2CC2)=C(Cl)CN1[O-]. The highest BCUT2D eigenvalue weighted by Crippen LogP contribution is 2.40. The molecule has 0 unspecified atom stereocenters. The molecule has 2 heterocycles. The third-order valence-corrected chi connectivity index (χ3v) is 7.37. The number of nitrogens with zero attached hydrogens (tertiary/aromatic N) is 2. The van der Waals surface area contributed by atoms with Gasteiger partial charge < -0.3 is 30.3 Å². The zero-order valence-corrected chi connectivity index (χ0v) is 20.5. The maximum Gasteiger partial charge on any atom is 0.230 e. The van der Waals surface area contributed by atoms with E-state index in [2.05, 4.69) is 5.32 Å². The minimum Gasteiger partial charge on any atom is -0.758 e. The van der Waals surface area contributed by atoms with E-state index in [-0.39, 0.29) is 43.6 Å². The van der Waals surface area contributed by atoms with E-state index >= 15 is 0 Å². The number of allylic oxidation sites excluding steroid dienone is 1. The molecule has 1 saturated carbocycles. The van der Waals surface area contributed by atoms with Crippen LogP contribution in [0.25, 0.3) is 0 Å². The van der Waals surface area contributed by atoms with Crippen molar-refractivity contribution in [1.82, 2.24) is 15.3 Å². The lowest BCUT2D eigenvalue weighted by Crippen LogP contribution is -2.56. The van der Waals surface area contributed by atoms with Gasteiger partial charge in [0.2, 0.25) is 5.91 Å². The summed E-state index contributed by atoms with van der Waals surface area (Å²) in [6.07, 6.45) is 4.82. The Labute approximate surface area is 208 Å². The third kappa shape index (κ3) is 5.70. The molecule has 192 valence electrons. The topological polar surface area (TPSA) is 88.1 Å². The summed E-state index contributed by atoms with van der Waals surface area (Å²) < 4.78 is 32.6. The number of carbonyl (C=O) groups excluding carboxylic acids is 1. The number of hydrogen-bond donors (Lipinski definition) is 2. The summed E-state index contributed by atoms with van der Waals surface area (Å²) >= 11 is 6.44. The number of amides is 1. The second-order valence-electron chi connectivity index (χ2n) is 9.46. The highest BCUT2D eigenvalue weighted by Gasteiger charge is 2.48. The van der Waals surface area contributed by atoms with Gasteiger partial charge in [-0.15, -0.1) is 0 Å². The van der Waals surface area contributed by atoms with Gasteiger partial charge in [-0.3, -0.25) is 4.79 Å². The van der Waals surface area contributed by atoms with Crippen LogP contribution in [0.1, 0.15) is 37.7 Å². The van der Waals surface area contributed by atoms with E-state index in [0.717, 1.165) is 30.0 Å². The lowest BCUT2D eigenvalue weighted by atomic mass is 9.75. The van der Waals surface area contributed by atoms with Crippen molar-refractivity contribution in [3.05, 3.63) is 63.0 Å². The number of benzene rings is 1. The first kappa shape index (κ1) is 26.0. The van der Waals surface area contributed by atoms with Crippen molar-refractivity contribution < 1.29 is 23.4 Å². The Morgan fingerprint density at radius 2 is 2.14 bits per heavy atom. The van der Waals surface area contributed by atoms with Gasteiger partial charge in [0.1, 0.15) is 5.60 Å². The lowest BCUT2D eigenvalue weighted by Gasteiger charge is -2.42. The van der Waals surface area contributed by atoms with E-state index in [0.29, 0.717) is 42.3 Å². The van der Waals surface area contributed by atoms with Crippen molar-refractivity contribution in [2.45, 2.75) is 43.7 Å². The standard InChI is InChI=1S/C25H31ClF2N3O4/c1-35-10-2-3-19-11-16(21(26)15-31(19)34)14-30(18-5-6-18)24(32)20-13-29-9-8-25(20,33)17-4-7-22(27)23(28)12-17/h4,7,11-12,18,20,29,33H,2-3,5-6,8-10,13-15H2,1H3/q-1/t20-,25+/m1/s1. The summed E-state index contributed by atoms with van der Waals surface area (Å²) in [4.78, 5) is 15.6. The maximum absolute atomic E-state index is 14.0. The van der Waals surface area contributed by atoms with Gasteiger partial charge in [-0.2, -0.15) is 0 Å². The van der Waals surface area contributed by atoms with Gasteiger partial charge >= 0.3 is 0 Å². The molecule has 0 radical (unpaired) electrons. The molecule has 2 aliphatic heterocycles. The van der Waals surface area contributed by atoms with Crippen LogP contribution in [-0.2, 0) is 15.1 Å². The summed E-state index contributed by atoms with van der Waals surface area (Å²) in [5.41, 5.74) is -0.167. The average Bonchev–Trinajstić information content (AvgIpc) is 3.67. The molecule has 1 aliphatic carbocycles.